The molecule has 1 aromatic carbocycles. The molecule has 2 amide bonds. The number of ether oxygens (including phenoxy) is 1. The number of thiophene rings is 1. The summed E-state index contributed by atoms with van der Waals surface area (Å²) in [6, 6.07) is 13.3. The molecule has 0 saturated carbocycles. The van der Waals surface area contributed by atoms with Gasteiger partial charge >= 0.3 is 0 Å². The third-order valence-corrected chi connectivity index (χ3v) is 5.45. The number of piperidine rings is 1. The van der Waals surface area contributed by atoms with E-state index in [0.29, 0.717) is 24.6 Å². The summed E-state index contributed by atoms with van der Waals surface area (Å²) in [5.41, 5.74) is 0. The maximum absolute atomic E-state index is 12.3. The van der Waals surface area contributed by atoms with Crippen molar-refractivity contribution in [2.75, 3.05) is 26.2 Å². The van der Waals surface area contributed by atoms with Gasteiger partial charge in [0.2, 0.25) is 5.91 Å². The fourth-order valence-electron chi connectivity index (χ4n) is 3.03. The minimum atomic E-state index is 0.0223. The summed E-state index contributed by atoms with van der Waals surface area (Å²) < 4.78 is 5.53. The molecule has 0 radical (unpaired) electrons. The van der Waals surface area contributed by atoms with E-state index in [-0.39, 0.29) is 18.4 Å². The highest BCUT2D eigenvalue weighted by Crippen LogP contribution is 2.17. The second kappa shape index (κ2) is 9.38. The van der Waals surface area contributed by atoms with Gasteiger partial charge in [0.25, 0.3) is 5.91 Å². The normalized spacial score (nSPS) is 14.8. The Morgan fingerprint density at radius 1 is 1.12 bits per heavy atom. The molecule has 1 aliphatic heterocycles. The highest BCUT2D eigenvalue weighted by molar-refractivity contribution is 7.10. The van der Waals surface area contributed by atoms with Gasteiger partial charge in [0, 0.05) is 24.5 Å². The van der Waals surface area contributed by atoms with Crippen molar-refractivity contribution in [2.24, 2.45) is 5.92 Å². The standard InChI is InChI=1S/C20H24N2O3S/c23-19(13-18-7-4-12-26-18)21-14-16-8-10-22(11-9-16)20(24)15-25-17-5-2-1-3-6-17/h1-7,12,16H,8-11,13-15H2,(H,21,23). The van der Waals surface area contributed by atoms with Crippen LogP contribution < -0.4 is 10.1 Å². The second-order valence-electron chi connectivity index (χ2n) is 6.49. The zero-order valence-corrected chi connectivity index (χ0v) is 15.5. The Balaban J connectivity index is 1.33. The third-order valence-electron chi connectivity index (χ3n) is 4.58. The lowest BCUT2D eigenvalue weighted by Gasteiger charge is -2.32. The fraction of sp³-hybridized carbons (Fsp3) is 0.400. The van der Waals surface area contributed by atoms with Crippen LogP contribution in [0.15, 0.2) is 47.8 Å². The summed E-state index contributed by atoms with van der Waals surface area (Å²) >= 11 is 1.60. The van der Waals surface area contributed by atoms with Gasteiger partial charge in [-0.1, -0.05) is 24.3 Å². The van der Waals surface area contributed by atoms with Gasteiger partial charge in [0.1, 0.15) is 5.75 Å². The minimum Gasteiger partial charge on any atom is -0.484 e. The van der Waals surface area contributed by atoms with Crippen LogP contribution in [0.1, 0.15) is 17.7 Å². The summed E-state index contributed by atoms with van der Waals surface area (Å²) in [4.78, 5) is 27.2. The topological polar surface area (TPSA) is 58.6 Å². The van der Waals surface area contributed by atoms with E-state index >= 15 is 0 Å². The SMILES string of the molecule is O=C(Cc1cccs1)NCC1CCN(C(=O)COc2ccccc2)CC1. The summed E-state index contributed by atoms with van der Waals surface area (Å²) in [5, 5.41) is 5.00. The van der Waals surface area contributed by atoms with Gasteiger partial charge < -0.3 is 15.0 Å². The molecule has 5 nitrogen and oxygen atoms in total. The lowest BCUT2D eigenvalue weighted by Crippen LogP contribution is -2.43. The number of rotatable bonds is 7. The lowest BCUT2D eigenvalue weighted by molar-refractivity contribution is -0.135. The number of hydrogen-bond acceptors (Lipinski definition) is 4. The molecule has 0 bridgehead atoms. The Kier molecular flexibility index (Phi) is 6.66. The van der Waals surface area contributed by atoms with Crippen molar-refractivity contribution in [3.63, 3.8) is 0 Å². The largest absolute Gasteiger partial charge is 0.484 e. The molecule has 1 aliphatic rings. The van der Waals surface area contributed by atoms with E-state index in [1.54, 1.807) is 11.3 Å². The van der Waals surface area contributed by atoms with Gasteiger partial charge in [-0.3, -0.25) is 9.59 Å². The first-order valence-electron chi connectivity index (χ1n) is 8.95. The summed E-state index contributed by atoms with van der Waals surface area (Å²) in [6.45, 7) is 2.21. The predicted molar refractivity (Wildman–Crippen MR) is 102 cm³/mol. The third kappa shape index (κ3) is 5.59. The van der Waals surface area contributed by atoms with Crippen molar-refractivity contribution in [1.29, 1.82) is 0 Å². The predicted octanol–water partition coefficient (Wildman–Crippen LogP) is 2.72. The number of nitrogens with zero attached hydrogens (tertiary/aromatic N) is 1. The number of benzene rings is 1. The Morgan fingerprint density at radius 2 is 1.88 bits per heavy atom. The molecule has 0 aliphatic carbocycles. The zero-order chi connectivity index (χ0) is 18.2. The van der Waals surface area contributed by atoms with Crippen LogP contribution >= 0.6 is 11.3 Å². The van der Waals surface area contributed by atoms with E-state index in [1.165, 1.54) is 0 Å². The van der Waals surface area contributed by atoms with Crippen molar-refractivity contribution < 1.29 is 14.3 Å². The van der Waals surface area contributed by atoms with Crippen molar-refractivity contribution in [2.45, 2.75) is 19.3 Å². The van der Waals surface area contributed by atoms with Gasteiger partial charge in [0.05, 0.1) is 6.42 Å². The highest BCUT2D eigenvalue weighted by atomic mass is 32.1. The van der Waals surface area contributed by atoms with Gasteiger partial charge in [-0.2, -0.15) is 0 Å². The minimum absolute atomic E-state index is 0.0223. The van der Waals surface area contributed by atoms with E-state index < -0.39 is 0 Å². The number of hydrogen-bond donors (Lipinski definition) is 1. The van der Waals surface area contributed by atoms with Crippen LogP contribution in [0.2, 0.25) is 0 Å². The number of likely N-dealkylation sites (tertiary alicyclic amines) is 1. The van der Waals surface area contributed by atoms with Crippen molar-refractivity contribution in [3.8, 4) is 5.75 Å². The van der Waals surface area contributed by atoms with Crippen molar-refractivity contribution in [1.82, 2.24) is 10.2 Å². The van der Waals surface area contributed by atoms with Crippen molar-refractivity contribution >= 4 is 23.2 Å². The Morgan fingerprint density at radius 3 is 2.58 bits per heavy atom. The number of amides is 2. The Hall–Kier alpha value is -2.34. The van der Waals surface area contributed by atoms with Gasteiger partial charge in [0.15, 0.2) is 6.61 Å². The first-order chi connectivity index (χ1) is 12.7. The van der Waals surface area contributed by atoms with Crippen LogP contribution in [0.4, 0.5) is 0 Å². The molecule has 0 unspecified atom stereocenters. The summed E-state index contributed by atoms with van der Waals surface area (Å²) in [7, 11) is 0. The molecule has 26 heavy (non-hydrogen) atoms. The lowest BCUT2D eigenvalue weighted by atomic mass is 9.96. The van der Waals surface area contributed by atoms with Crippen molar-refractivity contribution in [3.05, 3.63) is 52.7 Å². The number of para-hydroxylation sites is 1. The molecule has 1 aromatic heterocycles. The Bertz CT molecular complexity index is 695. The maximum Gasteiger partial charge on any atom is 0.260 e. The number of nitrogens with one attached hydrogen (secondary N) is 1. The van der Waals surface area contributed by atoms with E-state index in [1.807, 2.05) is 52.7 Å². The number of carbonyl (C=O) groups excluding carboxylic acids is 2. The molecule has 0 spiro atoms. The second-order valence-corrected chi connectivity index (χ2v) is 7.52. The molecular weight excluding hydrogens is 348 g/mol. The van der Waals surface area contributed by atoms with E-state index in [4.69, 9.17) is 4.74 Å². The molecule has 1 fully saturated rings. The molecule has 3 rings (SSSR count). The fourth-order valence-corrected chi connectivity index (χ4v) is 3.74. The molecule has 1 saturated heterocycles. The first kappa shape index (κ1) is 18.5. The smallest absolute Gasteiger partial charge is 0.260 e. The summed E-state index contributed by atoms with van der Waals surface area (Å²) in [5.74, 6) is 1.24. The zero-order valence-electron chi connectivity index (χ0n) is 14.7. The molecule has 138 valence electrons. The molecular formula is C20H24N2O3S. The van der Waals surface area contributed by atoms with Gasteiger partial charge in [-0.25, -0.2) is 0 Å². The van der Waals surface area contributed by atoms with E-state index in [2.05, 4.69) is 5.32 Å². The van der Waals surface area contributed by atoms with Crippen LogP contribution in [0.5, 0.6) is 5.75 Å². The first-order valence-corrected chi connectivity index (χ1v) is 9.83. The number of carbonyl (C=O) groups is 2. The average molecular weight is 372 g/mol. The maximum atomic E-state index is 12.3. The van der Waals surface area contributed by atoms with Gasteiger partial charge in [-0.05, 0) is 42.3 Å². The van der Waals surface area contributed by atoms with Crippen LogP contribution in [0.3, 0.4) is 0 Å². The molecule has 2 aromatic rings. The van der Waals surface area contributed by atoms with Crippen LogP contribution in [0, 0.1) is 5.92 Å². The van der Waals surface area contributed by atoms with Crippen LogP contribution in [-0.2, 0) is 16.0 Å². The quantitative estimate of drug-likeness (QED) is 0.813. The molecule has 6 heteroatoms. The van der Waals surface area contributed by atoms with E-state index in [9.17, 15) is 9.59 Å². The van der Waals surface area contributed by atoms with Crippen LogP contribution in [-0.4, -0.2) is 43.0 Å². The summed E-state index contributed by atoms with van der Waals surface area (Å²) in [6.07, 6.45) is 2.28. The van der Waals surface area contributed by atoms with Crippen LogP contribution in [0.25, 0.3) is 0 Å². The molecule has 1 N–H and O–H groups in total. The highest BCUT2D eigenvalue weighted by Gasteiger charge is 2.23. The monoisotopic (exact) mass is 372 g/mol. The van der Waals surface area contributed by atoms with Gasteiger partial charge in [-0.15, -0.1) is 11.3 Å². The van der Waals surface area contributed by atoms with E-state index in [0.717, 1.165) is 30.8 Å². The molecule has 0 atom stereocenters. The average Bonchev–Trinajstić information content (AvgIpc) is 3.18. The molecule has 2 heterocycles. The Labute approximate surface area is 158 Å².